The van der Waals surface area contributed by atoms with Gasteiger partial charge in [-0.25, -0.2) is 0 Å². The standard InChI is InChI=1S/C26H36O9/c1-24(2)10-9-14-11-16(27-7)19(28-8)15(18(14)33-24)12-29-21-20(17-13-30-25(3,4)32-17)31-23-22(21)34-26(5,6)35-23/h9-11,17,20-23H,12-13H2,1-8H3/t17-,20+,21-,22+,23+/m0/s1. The largest absolute Gasteiger partial charge is 0.493 e. The molecule has 0 saturated carbocycles. The van der Waals surface area contributed by atoms with Crippen LogP contribution in [-0.2, 0) is 35.0 Å². The number of benzene rings is 1. The molecule has 1 aromatic carbocycles. The van der Waals surface area contributed by atoms with Crippen molar-refractivity contribution in [2.75, 3.05) is 20.8 Å². The Bertz CT molecular complexity index is 999. The number of hydrogen-bond acceptors (Lipinski definition) is 9. The van der Waals surface area contributed by atoms with Crippen molar-refractivity contribution in [1.29, 1.82) is 0 Å². The molecule has 0 amide bonds. The van der Waals surface area contributed by atoms with Crippen LogP contribution in [-0.4, -0.2) is 68.7 Å². The van der Waals surface area contributed by atoms with E-state index < -0.39 is 41.8 Å². The third-order valence-corrected chi connectivity index (χ3v) is 6.62. The number of ether oxygens (including phenoxy) is 9. The van der Waals surface area contributed by atoms with Gasteiger partial charge in [-0.3, -0.25) is 0 Å². The van der Waals surface area contributed by atoms with Crippen LogP contribution in [0.3, 0.4) is 0 Å². The third kappa shape index (κ3) is 4.65. The fourth-order valence-electron chi connectivity index (χ4n) is 5.09. The molecular weight excluding hydrogens is 456 g/mol. The molecule has 0 aliphatic carbocycles. The Morgan fingerprint density at radius 1 is 0.943 bits per heavy atom. The lowest BCUT2D eigenvalue weighted by Gasteiger charge is -2.32. The molecule has 9 heteroatoms. The zero-order chi connectivity index (χ0) is 25.2. The Morgan fingerprint density at radius 3 is 2.37 bits per heavy atom. The number of hydrogen-bond donors (Lipinski definition) is 0. The van der Waals surface area contributed by atoms with Crippen molar-refractivity contribution >= 4 is 6.08 Å². The molecule has 3 saturated heterocycles. The molecule has 0 aromatic heterocycles. The van der Waals surface area contributed by atoms with E-state index in [2.05, 4.69) is 0 Å². The van der Waals surface area contributed by atoms with Crippen molar-refractivity contribution in [2.45, 2.75) is 96.0 Å². The minimum Gasteiger partial charge on any atom is -0.493 e. The van der Waals surface area contributed by atoms with Gasteiger partial charge in [0, 0.05) is 5.56 Å². The van der Waals surface area contributed by atoms with Gasteiger partial charge in [0.25, 0.3) is 0 Å². The van der Waals surface area contributed by atoms with Gasteiger partial charge in [0.1, 0.15) is 35.8 Å². The summed E-state index contributed by atoms with van der Waals surface area (Å²) in [6.45, 7) is 12.1. The number of fused-ring (bicyclic) bond motifs is 2. The van der Waals surface area contributed by atoms with Gasteiger partial charge in [-0.15, -0.1) is 0 Å². The molecule has 0 unspecified atom stereocenters. The Balaban J connectivity index is 1.46. The summed E-state index contributed by atoms with van der Waals surface area (Å²) in [4.78, 5) is 0. The molecule has 0 radical (unpaired) electrons. The zero-order valence-electron chi connectivity index (χ0n) is 21.7. The van der Waals surface area contributed by atoms with Crippen molar-refractivity contribution in [2.24, 2.45) is 0 Å². The smallest absolute Gasteiger partial charge is 0.190 e. The van der Waals surface area contributed by atoms with Gasteiger partial charge < -0.3 is 42.6 Å². The summed E-state index contributed by atoms with van der Waals surface area (Å²) >= 11 is 0. The topological polar surface area (TPSA) is 83.1 Å². The molecule has 35 heavy (non-hydrogen) atoms. The van der Waals surface area contributed by atoms with E-state index in [1.165, 1.54) is 0 Å². The molecule has 1 aromatic rings. The van der Waals surface area contributed by atoms with E-state index in [4.69, 9.17) is 42.6 Å². The van der Waals surface area contributed by atoms with Gasteiger partial charge in [0.05, 0.1) is 33.0 Å². The van der Waals surface area contributed by atoms with Gasteiger partial charge in [-0.2, -0.15) is 0 Å². The first kappa shape index (κ1) is 24.8. The Morgan fingerprint density at radius 2 is 1.71 bits per heavy atom. The lowest BCUT2D eigenvalue weighted by atomic mass is 9.98. The van der Waals surface area contributed by atoms with Gasteiger partial charge >= 0.3 is 0 Å². The highest BCUT2D eigenvalue weighted by atomic mass is 16.8. The van der Waals surface area contributed by atoms with Gasteiger partial charge in [-0.1, -0.05) is 6.08 Å². The molecule has 194 valence electrons. The highest BCUT2D eigenvalue weighted by Gasteiger charge is 2.59. The first-order chi connectivity index (χ1) is 16.4. The van der Waals surface area contributed by atoms with Gasteiger partial charge in [-0.05, 0) is 53.7 Å². The first-order valence-electron chi connectivity index (χ1n) is 12.0. The fourth-order valence-corrected chi connectivity index (χ4v) is 5.09. The van der Waals surface area contributed by atoms with E-state index in [0.717, 1.165) is 11.1 Å². The fraction of sp³-hybridized carbons (Fsp3) is 0.692. The molecule has 4 aliphatic heterocycles. The normalized spacial score (nSPS) is 33.8. The lowest BCUT2D eigenvalue weighted by molar-refractivity contribution is -0.236. The van der Waals surface area contributed by atoms with E-state index in [-0.39, 0.29) is 12.7 Å². The van der Waals surface area contributed by atoms with Crippen molar-refractivity contribution < 1.29 is 42.6 Å². The van der Waals surface area contributed by atoms with Crippen LogP contribution in [0.1, 0.15) is 52.7 Å². The van der Waals surface area contributed by atoms with Crippen molar-refractivity contribution in [3.8, 4) is 17.2 Å². The minimum absolute atomic E-state index is 0.182. The second-order valence-corrected chi connectivity index (χ2v) is 10.8. The molecule has 0 bridgehead atoms. The van der Waals surface area contributed by atoms with Crippen molar-refractivity contribution in [3.63, 3.8) is 0 Å². The van der Waals surface area contributed by atoms with Crippen LogP contribution in [0.15, 0.2) is 12.1 Å². The molecule has 4 heterocycles. The summed E-state index contributed by atoms with van der Waals surface area (Å²) in [5.74, 6) is 0.394. The van der Waals surface area contributed by atoms with Crippen LogP contribution in [0.2, 0.25) is 0 Å². The Hall–Kier alpha value is -1.88. The second-order valence-electron chi connectivity index (χ2n) is 10.8. The first-order valence-corrected chi connectivity index (χ1v) is 12.0. The third-order valence-electron chi connectivity index (χ3n) is 6.62. The average molecular weight is 493 g/mol. The zero-order valence-corrected chi connectivity index (χ0v) is 21.7. The molecule has 5 rings (SSSR count). The van der Waals surface area contributed by atoms with Crippen LogP contribution in [0, 0.1) is 0 Å². The Labute approximate surface area is 206 Å². The average Bonchev–Trinajstić information content (AvgIpc) is 3.39. The molecule has 0 N–H and O–H groups in total. The SMILES string of the molecule is COc1cc2c(c(CO[C@@H]3[C@H]4OC(C)(C)O[C@H]4O[C@@H]3[C@@H]3COC(C)(C)O3)c1OC)OC(C)(C)C=C2. The molecular formula is C26H36O9. The van der Waals surface area contributed by atoms with E-state index in [0.29, 0.717) is 23.9 Å². The van der Waals surface area contributed by atoms with E-state index in [9.17, 15) is 0 Å². The molecule has 4 aliphatic rings. The van der Waals surface area contributed by atoms with Crippen molar-refractivity contribution in [1.82, 2.24) is 0 Å². The van der Waals surface area contributed by atoms with Crippen LogP contribution in [0.25, 0.3) is 6.08 Å². The lowest BCUT2D eigenvalue weighted by Crippen LogP contribution is -2.44. The maximum absolute atomic E-state index is 6.56. The summed E-state index contributed by atoms with van der Waals surface area (Å²) in [5, 5.41) is 0. The van der Waals surface area contributed by atoms with E-state index in [1.54, 1.807) is 14.2 Å². The van der Waals surface area contributed by atoms with Gasteiger partial charge in [0.2, 0.25) is 0 Å². The summed E-state index contributed by atoms with van der Waals surface area (Å²) in [6, 6.07) is 1.91. The van der Waals surface area contributed by atoms with Crippen molar-refractivity contribution in [3.05, 3.63) is 23.3 Å². The summed E-state index contributed by atoms with van der Waals surface area (Å²) in [5.41, 5.74) is 1.18. The van der Waals surface area contributed by atoms with E-state index >= 15 is 0 Å². The van der Waals surface area contributed by atoms with Crippen LogP contribution < -0.4 is 14.2 Å². The predicted molar refractivity (Wildman–Crippen MR) is 125 cm³/mol. The highest BCUT2D eigenvalue weighted by molar-refractivity contribution is 5.69. The monoisotopic (exact) mass is 492 g/mol. The summed E-state index contributed by atoms with van der Waals surface area (Å²) in [6.07, 6.45) is 1.83. The molecule has 5 atom stereocenters. The van der Waals surface area contributed by atoms with Crippen LogP contribution >= 0.6 is 0 Å². The maximum Gasteiger partial charge on any atom is 0.190 e. The van der Waals surface area contributed by atoms with E-state index in [1.807, 2.05) is 59.8 Å². The molecule has 3 fully saturated rings. The van der Waals surface area contributed by atoms with Gasteiger partial charge in [0.15, 0.2) is 29.4 Å². The summed E-state index contributed by atoms with van der Waals surface area (Å²) in [7, 11) is 3.22. The minimum atomic E-state index is -0.779. The Kier molecular flexibility index (Phi) is 6.10. The molecule has 9 nitrogen and oxygen atoms in total. The number of methoxy groups -OCH3 is 2. The molecule has 0 spiro atoms. The van der Waals surface area contributed by atoms with Crippen LogP contribution in [0.4, 0.5) is 0 Å². The quantitative estimate of drug-likeness (QED) is 0.589. The maximum atomic E-state index is 6.56. The second kappa shape index (κ2) is 8.61. The summed E-state index contributed by atoms with van der Waals surface area (Å²) < 4.78 is 54.6. The number of rotatable bonds is 6. The van der Waals surface area contributed by atoms with Crippen LogP contribution in [0.5, 0.6) is 17.2 Å². The predicted octanol–water partition coefficient (Wildman–Crippen LogP) is 3.80. The highest BCUT2D eigenvalue weighted by Crippen LogP contribution is 2.47.